The highest BCUT2D eigenvalue weighted by Gasteiger charge is 2.42. The van der Waals surface area contributed by atoms with E-state index in [-0.39, 0.29) is 11.4 Å². The minimum absolute atomic E-state index is 0.0477. The molecule has 0 bridgehead atoms. The van der Waals surface area contributed by atoms with Gasteiger partial charge < -0.3 is 18.9 Å². The summed E-state index contributed by atoms with van der Waals surface area (Å²) in [7, 11) is 0. The van der Waals surface area contributed by atoms with Crippen molar-refractivity contribution < 1.29 is 38.1 Å². The first-order chi connectivity index (χ1) is 13.4. The summed E-state index contributed by atoms with van der Waals surface area (Å²) in [5, 5.41) is 0. The van der Waals surface area contributed by atoms with Gasteiger partial charge >= 0.3 is 23.9 Å². The van der Waals surface area contributed by atoms with Crippen LogP contribution in [0.5, 0.6) is 0 Å². The first-order valence-electron chi connectivity index (χ1n) is 8.59. The molecule has 10 heteroatoms. The first-order valence-corrected chi connectivity index (χ1v) is 8.59. The molecule has 0 aliphatic carbocycles. The molecule has 0 spiro atoms. The Morgan fingerprint density at radius 3 is 1.55 bits per heavy atom. The van der Waals surface area contributed by atoms with E-state index in [0.29, 0.717) is 5.56 Å². The highest BCUT2D eigenvalue weighted by atomic mass is 16.7. The number of benzene rings is 1. The van der Waals surface area contributed by atoms with Crippen LogP contribution in [0, 0.1) is 6.92 Å². The molecule has 0 saturated carbocycles. The Morgan fingerprint density at radius 2 is 1.10 bits per heavy atom. The molecule has 0 amide bonds. The van der Waals surface area contributed by atoms with Gasteiger partial charge in [0.15, 0.2) is 0 Å². The Hall–Kier alpha value is -3.56. The molecule has 2 aliphatic heterocycles. The molecule has 1 aromatic carbocycles. The number of hydrogen-bond acceptors (Lipinski definition) is 10. The number of para-hydroxylation sites is 1. The van der Waals surface area contributed by atoms with E-state index in [2.05, 4.69) is 9.98 Å². The molecule has 3 rings (SSSR count). The summed E-state index contributed by atoms with van der Waals surface area (Å²) in [6, 6.07) is 4.69. The number of rotatable bonds is 2. The molecular formula is C19H18N2O8. The quantitative estimate of drug-likeness (QED) is 0.685. The lowest BCUT2D eigenvalue weighted by atomic mass is 10.1. The van der Waals surface area contributed by atoms with Crippen LogP contribution in [0.4, 0.5) is 11.4 Å². The van der Waals surface area contributed by atoms with Crippen molar-refractivity contribution >= 4 is 46.7 Å². The third kappa shape index (κ3) is 4.15. The van der Waals surface area contributed by atoms with Crippen molar-refractivity contribution in [2.75, 3.05) is 0 Å². The van der Waals surface area contributed by atoms with Crippen LogP contribution in [0.15, 0.2) is 28.2 Å². The zero-order valence-electron chi connectivity index (χ0n) is 16.4. The van der Waals surface area contributed by atoms with Gasteiger partial charge in [0.2, 0.25) is 11.4 Å². The Labute approximate surface area is 165 Å². The van der Waals surface area contributed by atoms with Gasteiger partial charge in [0.1, 0.15) is 0 Å². The molecule has 2 aliphatic rings. The highest BCUT2D eigenvalue weighted by Crippen LogP contribution is 2.33. The lowest BCUT2D eigenvalue weighted by Crippen LogP contribution is -2.46. The fourth-order valence-corrected chi connectivity index (χ4v) is 2.59. The average molecular weight is 402 g/mol. The molecule has 0 aromatic heterocycles. The summed E-state index contributed by atoms with van der Waals surface area (Å²) in [6.07, 6.45) is 0. The lowest BCUT2D eigenvalue weighted by Gasteiger charge is -2.29. The van der Waals surface area contributed by atoms with Crippen LogP contribution >= 0.6 is 0 Å². The van der Waals surface area contributed by atoms with Crippen molar-refractivity contribution in [1.82, 2.24) is 0 Å². The maximum Gasteiger partial charge on any atom is 0.367 e. The Kier molecular flexibility index (Phi) is 4.73. The second-order valence-corrected chi connectivity index (χ2v) is 7.22. The van der Waals surface area contributed by atoms with Crippen LogP contribution in [0.25, 0.3) is 0 Å². The SMILES string of the molecule is Cc1cccc(N=C2C(=O)OC(C)(C)OC2=O)c1N=C1C(=O)OC(C)(C)OC1=O. The molecule has 152 valence electrons. The topological polar surface area (TPSA) is 130 Å². The number of nitrogens with zero attached hydrogens (tertiary/aromatic N) is 2. The Balaban J connectivity index is 2.06. The Morgan fingerprint density at radius 1 is 0.690 bits per heavy atom. The van der Waals surface area contributed by atoms with Gasteiger partial charge in [-0.15, -0.1) is 0 Å². The van der Waals surface area contributed by atoms with Crippen LogP contribution in [-0.4, -0.2) is 46.9 Å². The van der Waals surface area contributed by atoms with Crippen molar-refractivity contribution in [2.45, 2.75) is 46.2 Å². The number of carbonyl (C=O) groups is 4. The van der Waals surface area contributed by atoms with Gasteiger partial charge in [-0.1, -0.05) is 12.1 Å². The molecular weight excluding hydrogens is 384 g/mol. The predicted molar refractivity (Wildman–Crippen MR) is 97.9 cm³/mol. The summed E-state index contributed by atoms with van der Waals surface area (Å²) in [4.78, 5) is 56.7. The zero-order valence-corrected chi connectivity index (χ0v) is 16.4. The van der Waals surface area contributed by atoms with Crippen LogP contribution in [-0.2, 0) is 38.1 Å². The van der Waals surface area contributed by atoms with Crippen LogP contribution < -0.4 is 0 Å². The van der Waals surface area contributed by atoms with Gasteiger partial charge in [-0.05, 0) is 18.6 Å². The normalized spacial score (nSPS) is 20.3. The van der Waals surface area contributed by atoms with Gasteiger partial charge in [0, 0.05) is 27.7 Å². The van der Waals surface area contributed by atoms with E-state index in [1.807, 2.05) is 0 Å². The average Bonchev–Trinajstić information content (AvgIpc) is 2.54. The van der Waals surface area contributed by atoms with Gasteiger partial charge in [0.25, 0.3) is 11.6 Å². The van der Waals surface area contributed by atoms with E-state index in [4.69, 9.17) is 18.9 Å². The molecule has 0 N–H and O–H groups in total. The maximum atomic E-state index is 12.2. The highest BCUT2D eigenvalue weighted by molar-refractivity contribution is 6.64. The summed E-state index contributed by atoms with van der Waals surface area (Å²) in [5.41, 5.74) is -0.537. The molecule has 10 nitrogen and oxygen atoms in total. The predicted octanol–water partition coefficient (Wildman–Crippen LogP) is 1.81. The number of hydrogen-bond donors (Lipinski definition) is 0. The number of esters is 4. The summed E-state index contributed by atoms with van der Waals surface area (Å²) >= 11 is 0. The van der Waals surface area contributed by atoms with Crippen molar-refractivity contribution in [3.63, 3.8) is 0 Å². The van der Waals surface area contributed by atoms with E-state index < -0.39 is 46.9 Å². The van der Waals surface area contributed by atoms with Gasteiger partial charge in [-0.3, -0.25) is 0 Å². The number of aryl methyl sites for hydroxylation is 1. The lowest BCUT2D eigenvalue weighted by molar-refractivity contribution is -0.216. The van der Waals surface area contributed by atoms with E-state index in [1.54, 1.807) is 19.1 Å². The van der Waals surface area contributed by atoms with Crippen LogP contribution in [0.2, 0.25) is 0 Å². The summed E-state index contributed by atoms with van der Waals surface area (Å²) in [6.45, 7) is 7.28. The second-order valence-electron chi connectivity index (χ2n) is 7.22. The van der Waals surface area contributed by atoms with E-state index in [0.717, 1.165) is 0 Å². The van der Waals surface area contributed by atoms with E-state index in [9.17, 15) is 19.2 Å². The molecule has 29 heavy (non-hydrogen) atoms. The fraction of sp³-hybridized carbons (Fsp3) is 0.368. The number of carbonyl (C=O) groups excluding carboxylic acids is 4. The van der Waals surface area contributed by atoms with Crippen molar-refractivity contribution in [3.8, 4) is 0 Å². The molecule has 2 heterocycles. The monoisotopic (exact) mass is 402 g/mol. The smallest absolute Gasteiger partial charge is 0.367 e. The number of cyclic esters (lactones) is 4. The third-order valence-electron chi connectivity index (χ3n) is 3.80. The minimum atomic E-state index is -1.41. The molecule has 0 unspecified atom stereocenters. The molecule has 2 saturated heterocycles. The number of aliphatic imine (C=N–C) groups is 2. The first kappa shape index (κ1) is 20.2. The van der Waals surface area contributed by atoms with Gasteiger partial charge in [-0.2, -0.15) is 0 Å². The maximum absolute atomic E-state index is 12.2. The molecule has 0 atom stereocenters. The third-order valence-corrected chi connectivity index (χ3v) is 3.80. The van der Waals surface area contributed by atoms with Gasteiger partial charge in [-0.25, -0.2) is 29.2 Å². The molecule has 2 fully saturated rings. The molecule has 1 aromatic rings. The van der Waals surface area contributed by atoms with Crippen LogP contribution in [0.3, 0.4) is 0 Å². The largest absolute Gasteiger partial charge is 0.418 e. The van der Waals surface area contributed by atoms with E-state index >= 15 is 0 Å². The summed E-state index contributed by atoms with van der Waals surface area (Å²) < 4.78 is 20.1. The van der Waals surface area contributed by atoms with Crippen molar-refractivity contribution in [3.05, 3.63) is 23.8 Å². The minimum Gasteiger partial charge on any atom is -0.418 e. The van der Waals surface area contributed by atoms with Gasteiger partial charge in [0.05, 0.1) is 11.4 Å². The Bertz CT molecular complexity index is 959. The second kappa shape index (κ2) is 6.80. The van der Waals surface area contributed by atoms with E-state index in [1.165, 1.54) is 33.8 Å². The van der Waals surface area contributed by atoms with Crippen molar-refractivity contribution in [1.29, 1.82) is 0 Å². The summed E-state index contributed by atoms with van der Waals surface area (Å²) in [5.74, 6) is -6.69. The fourth-order valence-electron chi connectivity index (χ4n) is 2.59. The zero-order chi connectivity index (χ0) is 21.6. The number of ether oxygens (including phenoxy) is 4. The standard InChI is InChI=1S/C19H18N2O8/c1-9-7-6-8-10(20-12-14(22)26-18(2,3)27-15(12)23)11(9)21-13-16(24)28-19(4,5)29-17(13)25/h6-8H,1-5H3. The molecule has 0 radical (unpaired) electrons. The van der Waals surface area contributed by atoms with Crippen LogP contribution in [0.1, 0.15) is 33.3 Å². The van der Waals surface area contributed by atoms with Crippen molar-refractivity contribution in [2.24, 2.45) is 9.98 Å².